The van der Waals surface area contributed by atoms with Crippen molar-refractivity contribution in [2.75, 3.05) is 0 Å². The lowest BCUT2D eigenvalue weighted by atomic mass is 10.0. The summed E-state index contributed by atoms with van der Waals surface area (Å²) in [7, 11) is 1.62. The highest BCUT2D eigenvalue weighted by Gasteiger charge is 2.15. The molecular formula is C16H12ClNO3. The Kier molecular flexibility index (Phi) is 3.18. The minimum Gasteiger partial charge on any atom is -0.408 e. The highest BCUT2D eigenvalue weighted by molar-refractivity contribution is 6.35. The van der Waals surface area contributed by atoms with Crippen molar-refractivity contribution in [3.05, 3.63) is 68.7 Å². The number of benzene rings is 2. The van der Waals surface area contributed by atoms with Gasteiger partial charge in [-0.25, -0.2) is 4.79 Å². The van der Waals surface area contributed by atoms with Crippen molar-refractivity contribution in [1.82, 2.24) is 4.57 Å². The van der Waals surface area contributed by atoms with Crippen LogP contribution in [-0.4, -0.2) is 10.4 Å². The van der Waals surface area contributed by atoms with Crippen LogP contribution >= 0.6 is 11.6 Å². The largest absolute Gasteiger partial charge is 0.419 e. The number of fused-ring (bicyclic) bond motifs is 1. The van der Waals surface area contributed by atoms with Gasteiger partial charge >= 0.3 is 5.76 Å². The molecule has 106 valence electrons. The zero-order valence-electron chi connectivity index (χ0n) is 11.5. The van der Waals surface area contributed by atoms with Crippen molar-refractivity contribution in [2.45, 2.75) is 6.92 Å². The summed E-state index contributed by atoms with van der Waals surface area (Å²) in [6.07, 6.45) is 0. The molecule has 2 aromatic carbocycles. The summed E-state index contributed by atoms with van der Waals surface area (Å²) in [4.78, 5) is 24.0. The molecule has 0 saturated carbocycles. The van der Waals surface area contributed by atoms with E-state index in [9.17, 15) is 9.59 Å². The smallest absolute Gasteiger partial charge is 0.408 e. The number of oxazole rings is 1. The third-order valence-electron chi connectivity index (χ3n) is 3.42. The molecule has 3 rings (SSSR count). The number of hydrogen-bond donors (Lipinski definition) is 0. The summed E-state index contributed by atoms with van der Waals surface area (Å²) >= 11 is 6.12. The first-order valence-corrected chi connectivity index (χ1v) is 6.75. The van der Waals surface area contributed by atoms with Crippen LogP contribution in [0.4, 0.5) is 0 Å². The Morgan fingerprint density at radius 1 is 1.19 bits per heavy atom. The Bertz CT molecular complexity index is 921. The standard InChI is InChI=1S/C16H12ClNO3/c1-9-3-5-11(12(17)7-9)15(19)10-4-6-13-14(8-10)21-16(20)18(13)2/h3-8H,1-2H3. The first kappa shape index (κ1) is 13.6. The van der Waals surface area contributed by atoms with Gasteiger partial charge in [-0.05, 0) is 42.8 Å². The normalized spacial score (nSPS) is 11.0. The van der Waals surface area contributed by atoms with Crippen LogP contribution in [0.15, 0.2) is 45.6 Å². The lowest BCUT2D eigenvalue weighted by molar-refractivity contribution is 0.103. The molecule has 0 bridgehead atoms. The molecule has 21 heavy (non-hydrogen) atoms. The molecule has 0 atom stereocenters. The number of nitrogens with zero attached hydrogens (tertiary/aromatic N) is 1. The molecule has 0 amide bonds. The fourth-order valence-electron chi connectivity index (χ4n) is 2.23. The lowest BCUT2D eigenvalue weighted by Gasteiger charge is -2.05. The Balaban J connectivity index is 2.11. The molecule has 0 N–H and O–H groups in total. The predicted molar refractivity (Wildman–Crippen MR) is 81.1 cm³/mol. The van der Waals surface area contributed by atoms with Gasteiger partial charge in [-0.2, -0.15) is 0 Å². The van der Waals surface area contributed by atoms with E-state index in [1.807, 2.05) is 13.0 Å². The Morgan fingerprint density at radius 2 is 1.95 bits per heavy atom. The predicted octanol–water partition coefficient (Wildman–Crippen LogP) is 3.32. The summed E-state index contributed by atoms with van der Waals surface area (Å²) in [6, 6.07) is 10.2. The van der Waals surface area contributed by atoms with Crippen LogP contribution in [0.5, 0.6) is 0 Å². The van der Waals surface area contributed by atoms with Crippen LogP contribution in [0.25, 0.3) is 11.1 Å². The molecule has 0 unspecified atom stereocenters. The van der Waals surface area contributed by atoms with Gasteiger partial charge in [0.05, 0.1) is 10.5 Å². The molecule has 0 aliphatic rings. The molecule has 0 aliphatic heterocycles. The zero-order chi connectivity index (χ0) is 15.1. The van der Waals surface area contributed by atoms with Crippen LogP contribution in [0.1, 0.15) is 21.5 Å². The second-order valence-electron chi connectivity index (χ2n) is 4.92. The third-order valence-corrected chi connectivity index (χ3v) is 3.74. The van der Waals surface area contributed by atoms with Crippen LogP contribution in [0.2, 0.25) is 5.02 Å². The molecule has 3 aromatic rings. The van der Waals surface area contributed by atoms with E-state index in [4.69, 9.17) is 16.0 Å². The average molecular weight is 302 g/mol. The monoisotopic (exact) mass is 301 g/mol. The highest BCUT2D eigenvalue weighted by atomic mass is 35.5. The van der Waals surface area contributed by atoms with Gasteiger partial charge in [0.1, 0.15) is 0 Å². The Hall–Kier alpha value is -2.33. The van der Waals surface area contributed by atoms with E-state index < -0.39 is 5.76 Å². The van der Waals surface area contributed by atoms with Gasteiger partial charge in [0, 0.05) is 18.2 Å². The van der Waals surface area contributed by atoms with E-state index in [1.165, 1.54) is 4.57 Å². The number of rotatable bonds is 2. The van der Waals surface area contributed by atoms with Crippen LogP contribution in [-0.2, 0) is 7.05 Å². The van der Waals surface area contributed by atoms with Crippen molar-refractivity contribution in [2.24, 2.45) is 7.05 Å². The lowest BCUT2D eigenvalue weighted by Crippen LogP contribution is -2.08. The summed E-state index contributed by atoms with van der Waals surface area (Å²) in [6.45, 7) is 1.91. The van der Waals surface area contributed by atoms with Gasteiger partial charge in [-0.1, -0.05) is 17.7 Å². The molecule has 1 heterocycles. The molecule has 0 spiro atoms. The first-order chi connectivity index (χ1) is 9.97. The summed E-state index contributed by atoms with van der Waals surface area (Å²) in [5, 5.41) is 0.412. The van der Waals surface area contributed by atoms with Crippen LogP contribution in [0, 0.1) is 6.92 Å². The number of carbonyl (C=O) groups is 1. The zero-order valence-corrected chi connectivity index (χ0v) is 12.3. The van der Waals surface area contributed by atoms with E-state index in [1.54, 1.807) is 37.4 Å². The SMILES string of the molecule is Cc1ccc(C(=O)c2ccc3c(c2)oc(=O)n3C)c(Cl)c1. The van der Waals surface area contributed by atoms with Crippen LogP contribution < -0.4 is 5.76 Å². The number of carbonyl (C=O) groups excluding carboxylic acids is 1. The van der Waals surface area contributed by atoms with Gasteiger partial charge < -0.3 is 4.42 Å². The summed E-state index contributed by atoms with van der Waals surface area (Å²) < 4.78 is 6.49. The van der Waals surface area contributed by atoms with Crippen molar-refractivity contribution in [1.29, 1.82) is 0 Å². The topological polar surface area (TPSA) is 52.2 Å². The van der Waals surface area contributed by atoms with Gasteiger partial charge in [0.25, 0.3) is 0 Å². The van der Waals surface area contributed by atoms with Gasteiger partial charge in [0.2, 0.25) is 0 Å². The van der Waals surface area contributed by atoms with Crippen molar-refractivity contribution >= 4 is 28.5 Å². The molecule has 0 aliphatic carbocycles. The second-order valence-corrected chi connectivity index (χ2v) is 5.33. The first-order valence-electron chi connectivity index (χ1n) is 6.38. The van der Waals surface area contributed by atoms with E-state index in [0.717, 1.165) is 5.56 Å². The van der Waals surface area contributed by atoms with E-state index in [0.29, 0.717) is 27.2 Å². The van der Waals surface area contributed by atoms with Crippen molar-refractivity contribution < 1.29 is 9.21 Å². The number of halogens is 1. The fourth-order valence-corrected chi connectivity index (χ4v) is 2.56. The molecule has 0 fully saturated rings. The third kappa shape index (κ3) is 2.28. The average Bonchev–Trinajstić information content (AvgIpc) is 2.73. The number of hydrogen-bond acceptors (Lipinski definition) is 3. The minimum absolute atomic E-state index is 0.201. The molecule has 1 aromatic heterocycles. The minimum atomic E-state index is -0.456. The van der Waals surface area contributed by atoms with E-state index >= 15 is 0 Å². The number of ketones is 1. The number of aryl methyl sites for hydroxylation is 2. The molecule has 5 heteroatoms. The summed E-state index contributed by atoms with van der Waals surface area (Å²) in [5.41, 5.74) is 2.88. The quantitative estimate of drug-likeness (QED) is 0.682. The van der Waals surface area contributed by atoms with Gasteiger partial charge in [0.15, 0.2) is 11.4 Å². The fraction of sp³-hybridized carbons (Fsp3) is 0.125. The maximum atomic E-state index is 12.5. The maximum Gasteiger partial charge on any atom is 0.419 e. The Labute approximate surface area is 125 Å². The molecule has 4 nitrogen and oxygen atoms in total. The number of aromatic nitrogens is 1. The van der Waals surface area contributed by atoms with E-state index in [2.05, 4.69) is 0 Å². The maximum absolute atomic E-state index is 12.5. The van der Waals surface area contributed by atoms with Crippen LogP contribution in [0.3, 0.4) is 0 Å². The highest BCUT2D eigenvalue weighted by Crippen LogP contribution is 2.23. The van der Waals surface area contributed by atoms with Gasteiger partial charge in [-0.3, -0.25) is 9.36 Å². The summed E-state index contributed by atoms with van der Waals surface area (Å²) in [5.74, 6) is -0.656. The van der Waals surface area contributed by atoms with Crippen molar-refractivity contribution in [3.8, 4) is 0 Å². The Morgan fingerprint density at radius 3 is 2.67 bits per heavy atom. The van der Waals surface area contributed by atoms with E-state index in [-0.39, 0.29) is 5.78 Å². The molecule has 0 saturated heterocycles. The molecular weight excluding hydrogens is 290 g/mol. The molecule has 0 radical (unpaired) electrons. The van der Waals surface area contributed by atoms with Gasteiger partial charge in [-0.15, -0.1) is 0 Å². The second kappa shape index (κ2) is 4.90. The van der Waals surface area contributed by atoms with Crippen molar-refractivity contribution in [3.63, 3.8) is 0 Å².